The van der Waals surface area contributed by atoms with Gasteiger partial charge < -0.3 is 4.74 Å². The molecule has 84 valence electrons. The molecule has 0 spiro atoms. The highest BCUT2D eigenvalue weighted by Gasteiger charge is 2.09. The third-order valence-electron chi connectivity index (χ3n) is 2.32. The van der Waals surface area contributed by atoms with Crippen LogP contribution in [0.5, 0.6) is 0 Å². The van der Waals surface area contributed by atoms with Crippen LogP contribution >= 0.6 is 22.6 Å². The molecular formula is C11H21IO2. The van der Waals surface area contributed by atoms with Crippen molar-refractivity contribution in [1.82, 2.24) is 0 Å². The summed E-state index contributed by atoms with van der Waals surface area (Å²) in [4.78, 5) is 11.1. The maximum atomic E-state index is 11.1. The minimum absolute atomic E-state index is 0.0469. The monoisotopic (exact) mass is 312 g/mol. The van der Waals surface area contributed by atoms with Crippen LogP contribution < -0.4 is 0 Å². The van der Waals surface area contributed by atoms with E-state index in [9.17, 15) is 4.79 Å². The quantitative estimate of drug-likeness (QED) is 0.389. The first-order chi connectivity index (χ1) is 6.74. The summed E-state index contributed by atoms with van der Waals surface area (Å²) < 4.78 is 6.04. The van der Waals surface area contributed by atoms with Gasteiger partial charge in [0.15, 0.2) is 0 Å². The number of rotatable bonds is 8. The van der Waals surface area contributed by atoms with E-state index < -0.39 is 0 Å². The highest BCUT2D eigenvalue weighted by Crippen LogP contribution is 2.13. The van der Waals surface area contributed by atoms with E-state index in [1.54, 1.807) is 0 Å². The van der Waals surface area contributed by atoms with Crippen LogP contribution in [0.1, 0.15) is 46.0 Å². The Hall–Kier alpha value is 0.200. The van der Waals surface area contributed by atoms with Crippen molar-refractivity contribution in [1.29, 1.82) is 0 Å². The number of esters is 1. The second-order valence-electron chi connectivity index (χ2n) is 3.54. The molecule has 0 rings (SSSR count). The number of alkyl halides is 1. The molecule has 0 bridgehead atoms. The second kappa shape index (κ2) is 9.74. The van der Waals surface area contributed by atoms with E-state index in [2.05, 4.69) is 36.4 Å². The Morgan fingerprint density at radius 3 is 2.64 bits per heavy atom. The van der Waals surface area contributed by atoms with Crippen LogP contribution in [0.15, 0.2) is 0 Å². The predicted molar refractivity (Wildman–Crippen MR) is 67.8 cm³/mol. The number of carbonyl (C=O) groups excluding carboxylic acids is 1. The van der Waals surface area contributed by atoms with Gasteiger partial charge in [-0.25, -0.2) is 0 Å². The van der Waals surface area contributed by atoms with Crippen LogP contribution in [-0.4, -0.2) is 17.0 Å². The summed E-state index contributed by atoms with van der Waals surface area (Å²) >= 11 is 2.19. The molecule has 0 N–H and O–H groups in total. The van der Waals surface area contributed by atoms with Crippen molar-refractivity contribution in [2.45, 2.75) is 46.0 Å². The molecule has 0 aliphatic carbocycles. The zero-order valence-corrected chi connectivity index (χ0v) is 11.4. The van der Waals surface area contributed by atoms with Crippen LogP contribution in [0, 0.1) is 5.92 Å². The van der Waals surface area contributed by atoms with E-state index in [4.69, 9.17) is 4.74 Å². The SMILES string of the molecule is CCCCC(CC)COC(=O)CCI. The van der Waals surface area contributed by atoms with Gasteiger partial charge in [-0.2, -0.15) is 0 Å². The standard InChI is InChI=1S/C11H21IO2/c1-3-5-6-10(4-2)9-14-11(13)7-8-12/h10H,3-9H2,1-2H3. The van der Waals surface area contributed by atoms with Crippen LogP contribution in [0.2, 0.25) is 0 Å². The van der Waals surface area contributed by atoms with E-state index >= 15 is 0 Å². The maximum absolute atomic E-state index is 11.1. The molecule has 1 unspecified atom stereocenters. The first-order valence-corrected chi connectivity index (χ1v) is 6.98. The zero-order valence-electron chi connectivity index (χ0n) is 9.22. The van der Waals surface area contributed by atoms with Gasteiger partial charge in [0.2, 0.25) is 0 Å². The predicted octanol–water partition coefficient (Wildman–Crippen LogP) is 3.57. The summed E-state index contributed by atoms with van der Waals surface area (Å²) in [6, 6.07) is 0. The molecule has 0 aliphatic heterocycles. The van der Waals surface area contributed by atoms with Gasteiger partial charge in [-0.3, -0.25) is 4.79 Å². The molecule has 3 heteroatoms. The minimum Gasteiger partial charge on any atom is -0.465 e. The van der Waals surface area contributed by atoms with Gasteiger partial charge >= 0.3 is 5.97 Å². The van der Waals surface area contributed by atoms with Gasteiger partial charge in [0, 0.05) is 4.43 Å². The number of hydrogen-bond acceptors (Lipinski definition) is 2. The normalized spacial score (nSPS) is 12.5. The van der Waals surface area contributed by atoms with Crippen molar-refractivity contribution in [3.63, 3.8) is 0 Å². The van der Waals surface area contributed by atoms with Crippen molar-refractivity contribution < 1.29 is 9.53 Å². The molecule has 2 nitrogen and oxygen atoms in total. The molecule has 0 fully saturated rings. The summed E-state index contributed by atoms with van der Waals surface area (Å²) in [5.41, 5.74) is 0. The van der Waals surface area contributed by atoms with Crippen LogP contribution in [0.25, 0.3) is 0 Å². The molecule has 0 amide bonds. The highest BCUT2D eigenvalue weighted by molar-refractivity contribution is 14.1. The molecule has 0 heterocycles. The Bertz CT molecular complexity index is 148. The Labute approximate surface area is 101 Å². The molecule has 14 heavy (non-hydrogen) atoms. The fourth-order valence-corrected chi connectivity index (χ4v) is 1.70. The summed E-state index contributed by atoms with van der Waals surface area (Å²) in [6.07, 6.45) is 5.30. The van der Waals surface area contributed by atoms with Gasteiger partial charge in [0.1, 0.15) is 0 Å². The number of halogens is 1. The molecule has 0 aromatic rings. The Morgan fingerprint density at radius 2 is 2.14 bits per heavy atom. The van der Waals surface area contributed by atoms with E-state index in [0.29, 0.717) is 18.9 Å². The molecule has 0 aromatic carbocycles. The Morgan fingerprint density at radius 1 is 1.43 bits per heavy atom. The van der Waals surface area contributed by atoms with Crippen molar-refractivity contribution in [3.05, 3.63) is 0 Å². The van der Waals surface area contributed by atoms with Crippen LogP contribution in [0.3, 0.4) is 0 Å². The van der Waals surface area contributed by atoms with E-state index in [0.717, 1.165) is 10.8 Å². The van der Waals surface area contributed by atoms with Crippen molar-refractivity contribution in [2.24, 2.45) is 5.92 Å². The summed E-state index contributed by atoms with van der Waals surface area (Å²) in [5.74, 6) is 0.516. The minimum atomic E-state index is -0.0469. The number of ether oxygens (including phenoxy) is 1. The lowest BCUT2D eigenvalue weighted by atomic mass is 10.0. The second-order valence-corrected chi connectivity index (χ2v) is 4.62. The number of carbonyl (C=O) groups is 1. The molecule has 0 saturated carbocycles. The Balaban J connectivity index is 3.55. The van der Waals surface area contributed by atoms with E-state index in [1.807, 2.05) is 0 Å². The average molecular weight is 312 g/mol. The highest BCUT2D eigenvalue weighted by atomic mass is 127. The molecule has 0 aliphatic rings. The fourth-order valence-electron chi connectivity index (χ4n) is 1.26. The molecule has 1 atom stereocenters. The van der Waals surface area contributed by atoms with Crippen molar-refractivity contribution in [2.75, 3.05) is 11.0 Å². The lowest BCUT2D eigenvalue weighted by molar-refractivity contribution is -0.144. The first kappa shape index (κ1) is 14.2. The third kappa shape index (κ3) is 7.59. The van der Waals surface area contributed by atoms with E-state index in [1.165, 1.54) is 19.3 Å². The summed E-state index contributed by atoms with van der Waals surface area (Å²) in [7, 11) is 0. The van der Waals surface area contributed by atoms with Gasteiger partial charge in [0.05, 0.1) is 13.0 Å². The topological polar surface area (TPSA) is 26.3 Å². The van der Waals surface area contributed by atoms with Gasteiger partial charge in [-0.1, -0.05) is 55.7 Å². The maximum Gasteiger partial charge on any atom is 0.306 e. The zero-order chi connectivity index (χ0) is 10.8. The van der Waals surface area contributed by atoms with Crippen LogP contribution in [-0.2, 0) is 9.53 Å². The van der Waals surface area contributed by atoms with Gasteiger partial charge in [-0.15, -0.1) is 0 Å². The van der Waals surface area contributed by atoms with Crippen molar-refractivity contribution >= 4 is 28.6 Å². The summed E-state index contributed by atoms with van der Waals surface area (Å²) in [5, 5.41) is 0. The van der Waals surface area contributed by atoms with Crippen LogP contribution in [0.4, 0.5) is 0 Å². The molecular weight excluding hydrogens is 291 g/mol. The van der Waals surface area contributed by atoms with Gasteiger partial charge in [0.25, 0.3) is 0 Å². The van der Waals surface area contributed by atoms with Crippen molar-refractivity contribution in [3.8, 4) is 0 Å². The molecule has 0 aromatic heterocycles. The molecule has 0 radical (unpaired) electrons. The third-order valence-corrected chi connectivity index (χ3v) is 2.86. The first-order valence-electron chi connectivity index (χ1n) is 5.46. The smallest absolute Gasteiger partial charge is 0.306 e. The fraction of sp³-hybridized carbons (Fsp3) is 0.909. The Kier molecular flexibility index (Phi) is 9.88. The summed E-state index contributed by atoms with van der Waals surface area (Å²) in [6.45, 7) is 4.97. The largest absolute Gasteiger partial charge is 0.465 e. The number of hydrogen-bond donors (Lipinski definition) is 0. The van der Waals surface area contributed by atoms with Gasteiger partial charge in [-0.05, 0) is 12.3 Å². The average Bonchev–Trinajstić information content (AvgIpc) is 2.19. The lowest BCUT2D eigenvalue weighted by Crippen LogP contribution is -2.13. The number of unbranched alkanes of at least 4 members (excludes halogenated alkanes) is 1. The molecule has 0 saturated heterocycles. The van der Waals surface area contributed by atoms with E-state index in [-0.39, 0.29) is 5.97 Å². The lowest BCUT2D eigenvalue weighted by Gasteiger charge is -2.14.